The zero-order valence-electron chi connectivity index (χ0n) is 14.8. The summed E-state index contributed by atoms with van der Waals surface area (Å²) < 4.78 is 13.5. The van der Waals surface area contributed by atoms with Crippen LogP contribution in [0.4, 0.5) is 4.39 Å². The molecular weight excluding hydrogens is 329 g/mol. The minimum atomic E-state index is -0.731. The van der Waals surface area contributed by atoms with Crippen LogP contribution in [0.15, 0.2) is 54.6 Å². The molecule has 2 aromatic carbocycles. The maximum atomic E-state index is 13.5. The standard InChI is InChI=1S/C22H24FNO2/c23-18-11-9-16(10-12-18)20-19-8-4-5-13-22(19,26)14-15-24(20)21(25)17-6-2-1-3-7-17/h1-3,6-7,9-12,19-20,26H,4-5,8,13-15H2/t19-,20+,22+/m0/s1. The van der Waals surface area contributed by atoms with Gasteiger partial charge in [0.15, 0.2) is 0 Å². The Balaban J connectivity index is 1.74. The van der Waals surface area contributed by atoms with Crippen LogP contribution < -0.4 is 0 Å². The van der Waals surface area contributed by atoms with Gasteiger partial charge in [0.25, 0.3) is 5.91 Å². The summed E-state index contributed by atoms with van der Waals surface area (Å²) in [5.41, 5.74) is 0.826. The first-order valence-electron chi connectivity index (χ1n) is 9.42. The van der Waals surface area contributed by atoms with Gasteiger partial charge in [-0.3, -0.25) is 4.79 Å². The molecule has 1 aliphatic heterocycles. The van der Waals surface area contributed by atoms with Crippen molar-refractivity contribution in [2.45, 2.75) is 43.7 Å². The Bertz CT molecular complexity index is 776. The summed E-state index contributed by atoms with van der Waals surface area (Å²) in [5, 5.41) is 11.2. The lowest BCUT2D eigenvalue weighted by Crippen LogP contribution is -2.56. The van der Waals surface area contributed by atoms with Crippen molar-refractivity contribution in [2.75, 3.05) is 6.54 Å². The lowest BCUT2D eigenvalue weighted by atomic mass is 9.66. The fourth-order valence-corrected chi connectivity index (χ4v) is 4.73. The number of piperidine rings is 1. The van der Waals surface area contributed by atoms with Crippen LogP contribution in [0, 0.1) is 11.7 Å². The molecule has 4 heteroatoms. The third-order valence-electron chi connectivity index (χ3n) is 6.06. The maximum Gasteiger partial charge on any atom is 0.254 e. The van der Waals surface area contributed by atoms with Crippen molar-refractivity contribution >= 4 is 5.91 Å². The molecule has 136 valence electrons. The van der Waals surface area contributed by atoms with E-state index in [-0.39, 0.29) is 23.7 Å². The van der Waals surface area contributed by atoms with E-state index >= 15 is 0 Å². The molecule has 1 saturated carbocycles. The Kier molecular flexibility index (Phi) is 4.53. The zero-order valence-corrected chi connectivity index (χ0v) is 14.8. The molecule has 0 bridgehead atoms. The highest BCUT2D eigenvalue weighted by atomic mass is 19.1. The Labute approximate surface area is 153 Å². The van der Waals surface area contributed by atoms with E-state index in [1.165, 1.54) is 12.1 Å². The average Bonchev–Trinajstić information content (AvgIpc) is 2.67. The molecule has 0 aromatic heterocycles. The largest absolute Gasteiger partial charge is 0.389 e. The number of carbonyl (C=O) groups excluding carboxylic acids is 1. The molecule has 0 spiro atoms. The van der Waals surface area contributed by atoms with Gasteiger partial charge in [-0.05, 0) is 49.1 Å². The molecule has 4 rings (SSSR count). The normalized spacial score (nSPS) is 28.5. The zero-order chi connectivity index (χ0) is 18.1. The first-order valence-corrected chi connectivity index (χ1v) is 9.42. The molecule has 3 atom stereocenters. The fraction of sp³-hybridized carbons (Fsp3) is 0.409. The molecular formula is C22H24FNO2. The summed E-state index contributed by atoms with van der Waals surface area (Å²) in [6.45, 7) is 0.517. The average molecular weight is 353 g/mol. The van der Waals surface area contributed by atoms with Crippen molar-refractivity contribution < 1.29 is 14.3 Å². The van der Waals surface area contributed by atoms with Crippen molar-refractivity contribution in [3.05, 3.63) is 71.5 Å². The topological polar surface area (TPSA) is 40.5 Å². The van der Waals surface area contributed by atoms with E-state index in [2.05, 4.69) is 0 Å². The number of halogens is 1. The molecule has 1 heterocycles. The molecule has 1 N–H and O–H groups in total. The van der Waals surface area contributed by atoms with Gasteiger partial charge in [-0.25, -0.2) is 4.39 Å². The van der Waals surface area contributed by atoms with Crippen molar-refractivity contribution in [3.8, 4) is 0 Å². The molecule has 0 unspecified atom stereocenters. The first-order chi connectivity index (χ1) is 12.6. The SMILES string of the molecule is O=C(c1ccccc1)N1CC[C@]2(O)CCCC[C@H]2[C@H]1c1ccc(F)cc1. The van der Waals surface area contributed by atoms with E-state index in [4.69, 9.17) is 0 Å². The molecule has 2 aliphatic rings. The number of likely N-dealkylation sites (tertiary alicyclic amines) is 1. The van der Waals surface area contributed by atoms with Gasteiger partial charge >= 0.3 is 0 Å². The van der Waals surface area contributed by atoms with E-state index in [1.807, 2.05) is 35.2 Å². The fourth-order valence-electron chi connectivity index (χ4n) is 4.73. The summed E-state index contributed by atoms with van der Waals surface area (Å²) >= 11 is 0. The number of amides is 1. The second-order valence-electron chi connectivity index (χ2n) is 7.57. The Morgan fingerprint density at radius 3 is 2.50 bits per heavy atom. The Hall–Kier alpha value is -2.20. The minimum absolute atomic E-state index is 0.0110. The highest BCUT2D eigenvalue weighted by Gasteiger charge is 2.50. The van der Waals surface area contributed by atoms with Gasteiger partial charge in [0.1, 0.15) is 5.82 Å². The van der Waals surface area contributed by atoms with E-state index in [0.717, 1.165) is 31.2 Å². The van der Waals surface area contributed by atoms with Crippen LogP contribution in [-0.4, -0.2) is 28.1 Å². The molecule has 3 nitrogen and oxygen atoms in total. The van der Waals surface area contributed by atoms with E-state index in [1.54, 1.807) is 12.1 Å². The van der Waals surface area contributed by atoms with Gasteiger partial charge < -0.3 is 10.0 Å². The molecule has 0 radical (unpaired) electrons. The minimum Gasteiger partial charge on any atom is -0.389 e. The molecule has 2 aromatic rings. The van der Waals surface area contributed by atoms with Gasteiger partial charge in [0.2, 0.25) is 0 Å². The smallest absolute Gasteiger partial charge is 0.254 e. The number of nitrogens with zero attached hydrogens (tertiary/aromatic N) is 1. The van der Waals surface area contributed by atoms with E-state index in [0.29, 0.717) is 18.5 Å². The number of aliphatic hydroxyl groups is 1. The van der Waals surface area contributed by atoms with Crippen molar-refractivity contribution in [3.63, 3.8) is 0 Å². The Morgan fingerprint density at radius 1 is 1.04 bits per heavy atom. The van der Waals surface area contributed by atoms with Gasteiger partial charge in [0.05, 0.1) is 11.6 Å². The van der Waals surface area contributed by atoms with Crippen LogP contribution in [0.1, 0.15) is 54.1 Å². The third-order valence-corrected chi connectivity index (χ3v) is 6.06. The monoisotopic (exact) mass is 353 g/mol. The number of benzene rings is 2. The lowest BCUT2D eigenvalue weighted by Gasteiger charge is -2.52. The van der Waals surface area contributed by atoms with Crippen molar-refractivity contribution in [1.82, 2.24) is 4.90 Å². The van der Waals surface area contributed by atoms with Gasteiger partial charge in [-0.15, -0.1) is 0 Å². The molecule has 2 fully saturated rings. The molecule has 1 saturated heterocycles. The van der Waals surface area contributed by atoms with Gasteiger partial charge in [-0.2, -0.15) is 0 Å². The second kappa shape index (κ2) is 6.84. The summed E-state index contributed by atoms with van der Waals surface area (Å²) in [6.07, 6.45) is 4.35. The quantitative estimate of drug-likeness (QED) is 0.873. The van der Waals surface area contributed by atoms with Crippen LogP contribution >= 0.6 is 0 Å². The van der Waals surface area contributed by atoms with Gasteiger partial charge in [-0.1, -0.05) is 43.2 Å². The Morgan fingerprint density at radius 2 is 1.77 bits per heavy atom. The highest BCUT2D eigenvalue weighted by Crippen LogP contribution is 2.49. The molecule has 26 heavy (non-hydrogen) atoms. The lowest BCUT2D eigenvalue weighted by molar-refractivity contribution is -0.115. The number of fused-ring (bicyclic) bond motifs is 1. The van der Waals surface area contributed by atoms with E-state index < -0.39 is 5.60 Å². The van der Waals surface area contributed by atoms with Crippen LogP contribution in [0.3, 0.4) is 0 Å². The van der Waals surface area contributed by atoms with Crippen molar-refractivity contribution in [1.29, 1.82) is 0 Å². The van der Waals surface area contributed by atoms with Crippen molar-refractivity contribution in [2.24, 2.45) is 5.92 Å². The summed E-state index contributed by atoms with van der Waals surface area (Å²) in [4.78, 5) is 15.1. The number of carbonyl (C=O) groups is 1. The molecule has 1 amide bonds. The molecule has 1 aliphatic carbocycles. The summed E-state index contributed by atoms with van der Waals surface area (Å²) in [7, 11) is 0. The van der Waals surface area contributed by atoms with Crippen LogP contribution in [0.5, 0.6) is 0 Å². The highest BCUT2D eigenvalue weighted by molar-refractivity contribution is 5.94. The number of rotatable bonds is 2. The summed E-state index contributed by atoms with van der Waals surface area (Å²) in [5.74, 6) is -0.319. The van der Waals surface area contributed by atoms with Crippen LogP contribution in [0.2, 0.25) is 0 Å². The predicted molar refractivity (Wildman–Crippen MR) is 98.1 cm³/mol. The predicted octanol–water partition coefficient (Wildman–Crippen LogP) is 4.33. The van der Waals surface area contributed by atoms with Crippen LogP contribution in [-0.2, 0) is 0 Å². The third kappa shape index (κ3) is 3.03. The van der Waals surface area contributed by atoms with Crippen LogP contribution in [0.25, 0.3) is 0 Å². The first kappa shape index (κ1) is 17.2. The maximum absolute atomic E-state index is 13.5. The number of hydrogen-bond donors (Lipinski definition) is 1. The summed E-state index contributed by atoms with van der Waals surface area (Å²) in [6, 6.07) is 15.4. The van der Waals surface area contributed by atoms with E-state index in [9.17, 15) is 14.3 Å². The number of hydrogen-bond acceptors (Lipinski definition) is 2. The van der Waals surface area contributed by atoms with Gasteiger partial charge in [0, 0.05) is 18.0 Å². The second-order valence-corrected chi connectivity index (χ2v) is 7.57.